The molecule has 1 N–H and O–H groups in total. The largest absolute Gasteiger partial charge is 0.341 e. The zero-order chi connectivity index (χ0) is 21.2. The molecule has 152 valence electrons. The third-order valence-electron chi connectivity index (χ3n) is 4.49. The van der Waals surface area contributed by atoms with Crippen LogP contribution in [0.2, 0.25) is 0 Å². The molecule has 2 amide bonds. The average molecular weight is 400 g/mol. The Morgan fingerprint density at radius 3 is 2.37 bits per heavy atom. The average Bonchev–Trinajstić information content (AvgIpc) is 2.79. The van der Waals surface area contributed by atoms with Gasteiger partial charge in [0, 0.05) is 44.0 Å². The number of nitrogens with zero attached hydrogens (tertiary/aromatic N) is 3. The van der Waals surface area contributed by atoms with Crippen LogP contribution in [0, 0.1) is 0 Å². The number of rotatable bonds is 8. The van der Waals surface area contributed by atoms with Crippen molar-refractivity contribution in [3.05, 3.63) is 102 Å². The lowest BCUT2D eigenvalue weighted by Gasteiger charge is -2.26. The van der Waals surface area contributed by atoms with Crippen molar-refractivity contribution in [2.24, 2.45) is 0 Å². The highest BCUT2D eigenvalue weighted by Crippen LogP contribution is 2.11. The Bertz CT molecular complexity index is 934. The number of hydrogen-bond donors (Lipinski definition) is 1. The smallest absolute Gasteiger partial charge is 0.245 e. The molecule has 0 aliphatic heterocycles. The zero-order valence-corrected chi connectivity index (χ0v) is 16.8. The molecule has 3 aromatic rings. The fourth-order valence-electron chi connectivity index (χ4n) is 2.97. The van der Waals surface area contributed by atoms with Crippen molar-refractivity contribution in [1.82, 2.24) is 20.2 Å². The highest BCUT2D eigenvalue weighted by Gasteiger charge is 2.22. The number of amides is 2. The van der Waals surface area contributed by atoms with Gasteiger partial charge in [0.25, 0.3) is 0 Å². The lowest BCUT2D eigenvalue weighted by atomic mass is 10.1. The molecule has 6 heteroatoms. The van der Waals surface area contributed by atoms with Gasteiger partial charge in [-0.25, -0.2) is 0 Å². The van der Waals surface area contributed by atoms with Gasteiger partial charge in [0.15, 0.2) is 0 Å². The molecule has 6 nitrogen and oxygen atoms in total. The van der Waals surface area contributed by atoms with Gasteiger partial charge in [-0.1, -0.05) is 36.4 Å². The Morgan fingerprint density at radius 2 is 1.67 bits per heavy atom. The van der Waals surface area contributed by atoms with Crippen molar-refractivity contribution in [2.45, 2.75) is 26.1 Å². The summed E-state index contributed by atoms with van der Waals surface area (Å²) < 4.78 is 0. The van der Waals surface area contributed by atoms with Crippen molar-refractivity contribution in [2.75, 3.05) is 0 Å². The van der Waals surface area contributed by atoms with Crippen molar-refractivity contribution in [3.63, 3.8) is 0 Å². The molecular formula is C24H24N4O2. The minimum atomic E-state index is -0.670. The van der Waals surface area contributed by atoms with E-state index in [0.29, 0.717) is 13.1 Å². The Balaban J connectivity index is 1.67. The van der Waals surface area contributed by atoms with E-state index in [1.54, 1.807) is 42.7 Å². The second-order valence-electron chi connectivity index (χ2n) is 6.89. The SMILES string of the molecule is CC(NC(=O)C=Cc1ccccc1)C(=O)N(Cc1ccncc1)Cc1cccnc1. The van der Waals surface area contributed by atoms with Crippen LogP contribution in [-0.2, 0) is 22.7 Å². The lowest BCUT2D eigenvalue weighted by molar-refractivity contribution is -0.136. The van der Waals surface area contributed by atoms with E-state index in [0.717, 1.165) is 16.7 Å². The maximum atomic E-state index is 13.1. The van der Waals surface area contributed by atoms with Crippen LogP contribution in [-0.4, -0.2) is 32.7 Å². The third-order valence-corrected chi connectivity index (χ3v) is 4.49. The second kappa shape index (κ2) is 10.7. The number of hydrogen-bond acceptors (Lipinski definition) is 4. The summed E-state index contributed by atoms with van der Waals surface area (Å²) in [6.45, 7) is 2.50. The quantitative estimate of drug-likeness (QED) is 0.589. The van der Waals surface area contributed by atoms with Crippen LogP contribution in [0.15, 0.2) is 85.5 Å². The highest BCUT2D eigenvalue weighted by molar-refractivity contribution is 5.95. The van der Waals surface area contributed by atoms with E-state index in [-0.39, 0.29) is 11.8 Å². The molecule has 2 aromatic heterocycles. The van der Waals surface area contributed by atoms with E-state index in [9.17, 15) is 9.59 Å². The van der Waals surface area contributed by atoms with E-state index in [1.165, 1.54) is 6.08 Å². The van der Waals surface area contributed by atoms with E-state index < -0.39 is 6.04 Å². The van der Waals surface area contributed by atoms with E-state index >= 15 is 0 Å². The molecule has 2 heterocycles. The van der Waals surface area contributed by atoms with Crippen molar-refractivity contribution in [3.8, 4) is 0 Å². The van der Waals surface area contributed by atoms with Crippen LogP contribution in [0.3, 0.4) is 0 Å². The first-order valence-corrected chi connectivity index (χ1v) is 9.72. The van der Waals surface area contributed by atoms with Crippen LogP contribution in [0.4, 0.5) is 0 Å². The predicted octanol–water partition coefficient (Wildman–Crippen LogP) is 3.22. The van der Waals surface area contributed by atoms with Crippen LogP contribution in [0.1, 0.15) is 23.6 Å². The van der Waals surface area contributed by atoms with Crippen molar-refractivity contribution in [1.29, 1.82) is 0 Å². The number of pyridine rings is 2. The van der Waals surface area contributed by atoms with Gasteiger partial charge in [0.05, 0.1) is 0 Å². The summed E-state index contributed by atoms with van der Waals surface area (Å²) in [6, 6.07) is 16.4. The normalized spacial score (nSPS) is 11.8. The summed E-state index contributed by atoms with van der Waals surface area (Å²) in [6.07, 6.45) is 9.98. The van der Waals surface area contributed by atoms with Gasteiger partial charge in [-0.2, -0.15) is 0 Å². The minimum absolute atomic E-state index is 0.169. The molecule has 0 aliphatic carbocycles. The monoisotopic (exact) mass is 400 g/mol. The Hall–Kier alpha value is -3.80. The van der Waals surface area contributed by atoms with Crippen LogP contribution in [0.5, 0.6) is 0 Å². The molecule has 1 atom stereocenters. The molecule has 0 bridgehead atoms. The molecule has 0 fully saturated rings. The van der Waals surface area contributed by atoms with Gasteiger partial charge in [-0.05, 0) is 47.9 Å². The summed E-state index contributed by atoms with van der Waals surface area (Å²) in [7, 11) is 0. The molecule has 0 saturated carbocycles. The summed E-state index contributed by atoms with van der Waals surface area (Å²) in [5, 5.41) is 2.76. The minimum Gasteiger partial charge on any atom is -0.341 e. The van der Waals surface area contributed by atoms with Crippen LogP contribution < -0.4 is 5.32 Å². The van der Waals surface area contributed by atoms with E-state index in [2.05, 4.69) is 15.3 Å². The molecule has 0 aliphatic rings. The van der Waals surface area contributed by atoms with Crippen molar-refractivity contribution >= 4 is 17.9 Å². The number of carbonyl (C=O) groups excluding carboxylic acids is 2. The molecule has 0 radical (unpaired) electrons. The summed E-state index contributed by atoms with van der Waals surface area (Å²) in [4.78, 5) is 35.2. The fraction of sp³-hybridized carbons (Fsp3) is 0.167. The molecule has 0 spiro atoms. The Morgan fingerprint density at radius 1 is 0.933 bits per heavy atom. The summed E-state index contributed by atoms with van der Waals surface area (Å²) >= 11 is 0. The van der Waals surface area contributed by atoms with Crippen LogP contribution >= 0.6 is 0 Å². The Kier molecular flexibility index (Phi) is 7.44. The van der Waals surface area contributed by atoms with Crippen molar-refractivity contribution < 1.29 is 9.59 Å². The maximum Gasteiger partial charge on any atom is 0.245 e. The van der Waals surface area contributed by atoms with Gasteiger partial charge < -0.3 is 10.2 Å². The first-order chi connectivity index (χ1) is 14.6. The second-order valence-corrected chi connectivity index (χ2v) is 6.89. The third kappa shape index (κ3) is 6.38. The standard InChI is InChI=1S/C24H24N4O2/c1-19(27-23(29)10-9-20-6-3-2-4-7-20)24(30)28(17-21-11-14-25-15-12-21)18-22-8-5-13-26-16-22/h2-16,19H,17-18H2,1H3,(H,27,29). The number of nitrogens with one attached hydrogen (secondary N) is 1. The highest BCUT2D eigenvalue weighted by atomic mass is 16.2. The topological polar surface area (TPSA) is 75.2 Å². The number of benzene rings is 1. The molecule has 1 unspecified atom stereocenters. The number of aromatic nitrogens is 2. The van der Waals surface area contributed by atoms with Gasteiger partial charge in [0.2, 0.25) is 11.8 Å². The predicted molar refractivity (Wildman–Crippen MR) is 116 cm³/mol. The van der Waals surface area contributed by atoms with E-state index in [1.807, 2.05) is 54.6 Å². The molecule has 0 saturated heterocycles. The lowest BCUT2D eigenvalue weighted by Crippen LogP contribution is -2.46. The van der Waals surface area contributed by atoms with Gasteiger partial charge >= 0.3 is 0 Å². The number of carbonyl (C=O) groups is 2. The fourth-order valence-corrected chi connectivity index (χ4v) is 2.97. The van der Waals surface area contributed by atoms with Crippen LogP contribution in [0.25, 0.3) is 6.08 Å². The first kappa shape index (κ1) is 20.9. The first-order valence-electron chi connectivity index (χ1n) is 9.72. The summed E-state index contributed by atoms with van der Waals surface area (Å²) in [5.41, 5.74) is 2.80. The molecular weight excluding hydrogens is 376 g/mol. The van der Waals surface area contributed by atoms with E-state index in [4.69, 9.17) is 0 Å². The molecule has 30 heavy (non-hydrogen) atoms. The van der Waals surface area contributed by atoms with Gasteiger partial charge in [-0.15, -0.1) is 0 Å². The molecule has 1 aromatic carbocycles. The Labute approximate surface area is 176 Å². The maximum absolute atomic E-state index is 13.1. The van der Waals surface area contributed by atoms with Gasteiger partial charge in [-0.3, -0.25) is 19.6 Å². The van der Waals surface area contributed by atoms with Gasteiger partial charge in [0.1, 0.15) is 6.04 Å². The zero-order valence-electron chi connectivity index (χ0n) is 16.8. The summed E-state index contributed by atoms with van der Waals surface area (Å²) in [5.74, 6) is -0.484. The molecule has 3 rings (SSSR count).